The normalized spacial score (nSPS) is 24.1. The van der Waals surface area contributed by atoms with Crippen LogP contribution in [0.2, 0.25) is 0 Å². The van der Waals surface area contributed by atoms with E-state index in [1.54, 1.807) is 6.92 Å². The minimum Gasteiger partial charge on any atom is -0.374 e. The molecule has 2 rings (SSSR count). The van der Waals surface area contributed by atoms with E-state index in [1.807, 2.05) is 18.2 Å². The van der Waals surface area contributed by atoms with Crippen molar-refractivity contribution in [1.82, 2.24) is 9.62 Å². The number of rotatable bonds is 6. The van der Waals surface area contributed by atoms with Gasteiger partial charge in [0.25, 0.3) is 0 Å². The minimum absolute atomic E-state index is 0.0875. The summed E-state index contributed by atoms with van der Waals surface area (Å²) in [5.41, 5.74) is 1.17. The van der Waals surface area contributed by atoms with Crippen LogP contribution in [0.25, 0.3) is 0 Å². The van der Waals surface area contributed by atoms with Gasteiger partial charge in [0.05, 0.1) is 24.5 Å². The Morgan fingerprint density at radius 2 is 2.00 bits per heavy atom. The third-order valence-corrected chi connectivity index (χ3v) is 5.25. The van der Waals surface area contributed by atoms with Crippen LogP contribution in [-0.2, 0) is 14.8 Å². The molecule has 5 nitrogen and oxygen atoms in total. The number of hydrogen-bond donors (Lipinski definition) is 1. The Balaban J connectivity index is 2.17. The molecule has 21 heavy (non-hydrogen) atoms. The lowest BCUT2D eigenvalue weighted by Gasteiger charge is -2.41. The fourth-order valence-corrected chi connectivity index (χ4v) is 3.32. The fourth-order valence-electron chi connectivity index (χ4n) is 2.70. The van der Waals surface area contributed by atoms with Gasteiger partial charge in [-0.1, -0.05) is 37.3 Å². The summed E-state index contributed by atoms with van der Waals surface area (Å²) in [6.45, 7) is 6.49. The SMILES string of the molecule is CCN1CCO[C@@H](CNS(=O)(=O)CC)[C@@H]1c1ccccc1. The Bertz CT molecular complexity index is 533. The van der Waals surface area contributed by atoms with Gasteiger partial charge >= 0.3 is 0 Å². The summed E-state index contributed by atoms with van der Waals surface area (Å²) in [6, 6.07) is 10.2. The predicted molar refractivity (Wildman–Crippen MR) is 83.6 cm³/mol. The van der Waals surface area contributed by atoms with Crippen molar-refractivity contribution in [1.29, 1.82) is 0 Å². The molecular formula is C15H24N2O3S. The summed E-state index contributed by atoms with van der Waals surface area (Å²) in [4.78, 5) is 2.34. The summed E-state index contributed by atoms with van der Waals surface area (Å²) in [7, 11) is -3.20. The van der Waals surface area contributed by atoms with Gasteiger partial charge in [-0.3, -0.25) is 4.90 Å². The van der Waals surface area contributed by atoms with E-state index in [-0.39, 0.29) is 17.9 Å². The molecule has 1 aliphatic rings. The van der Waals surface area contributed by atoms with Crippen LogP contribution in [0.4, 0.5) is 0 Å². The molecule has 1 saturated heterocycles. The molecule has 0 aliphatic carbocycles. The van der Waals surface area contributed by atoms with Crippen molar-refractivity contribution in [3.8, 4) is 0 Å². The first kappa shape index (κ1) is 16.4. The maximum absolute atomic E-state index is 11.7. The summed E-state index contributed by atoms with van der Waals surface area (Å²) in [5, 5.41) is 0. The van der Waals surface area contributed by atoms with Crippen molar-refractivity contribution in [2.75, 3.05) is 32.0 Å². The van der Waals surface area contributed by atoms with E-state index in [0.29, 0.717) is 13.2 Å². The van der Waals surface area contributed by atoms with E-state index >= 15 is 0 Å². The van der Waals surface area contributed by atoms with Crippen LogP contribution >= 0.6 is 0 Å². The lowest BCUT2D eigenvalue weighted by atomic mass is 9.98. The lowest BCUT2D eigenvalue weighted by molar-refractivity contribution is -0.0673. The van der Waals surface area contributed by atoms with Crippen molar-refractivity contribution < 1.29 is 13.2 Å². The number of sulfonamides is 1. The third kappa shape index (κ3) is 4.26. The van der Waals surface area contributed by atoms with Gasteiger partial charge in [-0.15, -0.1) is 0 Å². The highest BCUT2D eigenvalue weighted by Crippen LogP contribution is 2.29. The molecule has 1 fully saturated rings. The van der Waals surface area contributed by atoms with E-state index in [9.17, 15) is 8.42 Å². The van der Waals surface area contributed by atoms with Crippen LogP contribution < -0.4 is 4.72 Å². The quantitative estimate of drug-likeness (QED) is 0.862. The second kappa shape index (κ2) is 7.35. The molecule has 0 aromatic heterocycles. The fraction of sp³-hybridized carbons (Fsp3) is 0.600. The first-order chi connectivity index (χ1) is 10.1. The van der Waals surface area contributed by atoms with Crippen molar-refractivity contribution in [2.24, 2.45) is 0 Å². The lowest BCUT2D eigenvalue weighted by Crippen LogP contribution is -2.49. The van der Waals surface area contributed by atoms with Crippen molar-refractivity contribution in [2.45, 2.75) is 26.0 Å². The van der Waals surface area contributed by atoms with Crippen molar-refractivity contribution in [3.63, 3.8) is 0 Å². The van der Waals surface area contributed by atoms with Gasteiger partial charge in [-0.25, -0.2) is 13.1 Å². The molecular weight excluding hydrogens is 288 g/mol. The summed E-state index contributed by atoms with van der Waals surface area (Å²) in [5.74, 6) is 0.0905. The van der Waals surface area contributed by atoms with Gasteiger partial charge in [0.1, 0.15) is 0 Å². The monoisotopic (exact) mass is 312 g/mol. The Kier molecular flexibility index (Phi) is 5.75. The van der Waals surface area contributed by atoms with Gasteiger partial charge < -0.3 is 4.74 Å². The van der Waals surface area contributed by atoms with Gasteiger partial charge in [-0.2, -0.15) is 0 Å². The maximum atomic E-state index is 11.7. The minimum atomic E-state index is -3.20. The van der Waals surface area contributed by atoms with Gasteiger partial charge in [0.2, 0.25) is 10.0 Å². The molecule has 6 heteroatoms. The van der Waals surface area contributed by atoms with Crippen LogP contribution in [0.5, 0.6) is 0 Å². The Morgan fingerprint density at radius 1 is 1.29 bits per heavy atom. The topological polar surface area (TPSA) is 58.6 Å². The van der Waals surface area contributed by atoms with Crippen molar-refractivity contribution in [3.05, 3.63) is 35.9 Å². The summed E-state index contributed by atoms with van der Waals surface area (Å²) in [6.07, 6.45) is -0.164. The second-order valence-corrected chi connectivity index (χ2v) is 7.24. The van der Waals surface area contributed by atoms with Crippen LogP contribution in [0.3, 0.4) is 0 Å². The first-order valence-electron chi connectivity index (χ1n) is 7.45. The molecule has 0 radical (unpaired) electrons. The molecule has 1 aliphatic heterocycles. The molecule has 0 saturated carbocycles. The van der Waals surface area contributed by atoms with E-state index in [4.69, 9.17) is 4.74 Å². The van der Waals surface area contributed by atoms with Crippen LogP contribution in [-0.4, -0.2) is 51.4 Å². The number of ether oxygens (including phenoxy) is 1. The van der Waals surface area contributed by atoms with E-state index in [2.05, 4.69) is 28.7 Å². The Labute approximate surface area is 127 Å². The van der Waals surface area contributed by atoms with Crippen LogP contribution in [0.15, 0.2) is 30.3 Å². The summed E-state index contributed by atoms with van der Waals surface area (Å²) < 4.78 is 31.8. The van der Waals surface area contributed by atoms with Crippen LogP contribution in [0.1, 0.15) is 25.5 Å². The molecule has 1 aromatic carbocycles. The maximum Gasteiger partial charge on any atom is 0.211 e. The largest absolute Gasteiger partial charge is 0.374 e. The molecule has 0 amide bonds. The molecule has 1 aromatic rings. The zero-order valence-electron chi connectivity index (χ0n) is 12.7. The van der Waals surface area contributed by atoms with E-state index < -0.39 is 10.0 Å². The predicted octanol–water partition coefficient (Wildman–Crippen LogP) is 1.39. The average molecular weight is 312 g/mol. The number of benzene rings is 1. The molecule has 0 spiro atoms. The molecule has 118 valence electrons. The zero-order valence-corrected chi connectivity index (χ0v) is 13.5. The van der Waals surface area contributed by atoms with Gasteiger partial charge in [0.15, 0.2) is 0 Å². The van der Waals surface area contributed by atoms with E-state index in [1.165, 1.54) is 5.56 Å². The van der Waals surface area contributed by atoms with Gasteiger partial charge in [-0.05, 0) is 19.0 Å². The number of likely N-dealkylation sites (N-methyl/N-ethyl adjacent to an activating group) is 1. The highest BCUT2D eigenvalue weighted by molar-refractivity contribution is 7.89. The highest BCUT2D eigenvalue weighted by atomic mass is 32.2. The Morgan fingerprint density at radius 3 is 2.62 bits per heavy atom. The molecule has 1 heterocycles. The highest BCUT2D eigenvalue weighted by Gasteiger charge is 2.33. The van der Waals surface area contributed by atoms with Crippen molar-refractivity contribution >= 4 is 10.0 Å². The zero-order chi connectivity index (χ0) is 15.3. The standard InChI is InChI=1S/C15H24N2O3S/c1-3-17-10-11-20-14(12-16-21(18,19)4-2)15(17)13-8-6-5-7-9-13/h5-9,14-16H,3-4,10-12H2,1-2H3/t14-,15-/m0/s1. The van der Waals surface area contributed by atoms with Crippen LogP contribution in [0, 0.1) is 0 Å². The number of nitrogens with one attached hydrogen (secondary N) is 1. The average Bonchev–Trinajstić information content (AvgIpc) is 2.53. The van der Waals surface area contributed by atoms with Gasteiger partial charge in [0, 0.05) is 13.1 Å². The van der Waals surface area contributed by atoms with E-state index in [0.717, 1.165) is 13.1 Å². The second-order valence-electron chi connectivity index (χ2n) is 5.15. The first-order valence-corrected chi connectivity index (χ1v) is 9.10. The molecule has 0 unspecified atom stereocenters. The smallest absolute Gasteiger partial charge is 0.211 e. The number of nitrogens with zero attached hydrogens (tertiary/aromatic N) is 1. The summed E-state index contributed by atoms with van der Waals surface area (Å²) >= 11 is 0. The number of morpholine rings is 1. The Hall–Kier alpha value is -0.950. The third-order valence-electron chi connectivity index (χ3n) is 3.89. The molecule has 2 atom stereocenters. The molecule has 0 bridgehead atoms. The number of hydrogen-bond acceptors (Lipinski definition) is 4. The molecule has 1 N–H and O–H groups in total.